The molecule has 1 atom stereocenters. The van der Waals surface area contributed by atoms with Crippen LogP contribution >= 0.6 is 0 Å². The summed E-state index contributed by atoms with van der Waals surface area (Å²) in [7, 11) is 0. The van der Waals surface area contributed by atoms with Crippen LogP contribution in [0.4, 0.5) is 0 Å². The summed E-state index contributed by atoms with van der Waals surface area (Å²) < 4.78 is 2.24. The number of hydrogen-bond acceptors (Lipinski definition) is 3. The lowest BCUT2D eigenvalue weighted by Gasteiger charge is -2.23. The lowest BCUT2D eigenvalue weighted by atomic mass is 9.89. The summed E-state index contributed by atoms with van der Waals surface area (Å²) >= 11 is 0. The third kappa shape index (κ3) is 1.86. The summed E-state index contributed by atoms with van der Waals surface area (Å²) in [6.45, 7) is 6.46. The standard InChI is InChI=1S/C16H22N4/c1-11-9-18-10-15-14-4-2-3-13(16(14)19-20(11)15)12-5-7-17-8-6-12/h2-4,11-12,17-18H,5-10H2,1H3/t11-/m1/s1. The monoisotopic (exact) mass is 270 g/mol. The van der Waals surface area contributed by atoms with Crippen LogP contribution in [0.5, 0.6) is 0 Å². The Hall–Kier alpha value is -1.39. The Morgan fingerprint density at radius 3 is 2.90 bits per heavy atom. The molecule has 2 aliphatic rings. The van der Waals surface area contributed by atoms with E-state index in [9.17, 15) is 0 Å². The van der Waals surface area contributed by atoms with E-state index < -0.39 is 0 Å². The average Bonchev–Trinajstić information content (AvgIpc) is 2.88. The van der Waals surface area contributed by atoms with Crippen LogP contribution in [-0.2, 0) is 6.54 Å². The van der Waals surface area contributed by atoms with Crippen LogP contribution in [0.3, 0.4) is 0 Å². The quantitative estimate of drug-likeness (QED) is 0.834. The first-order valence-electron chi connectivity index (χ1n) is 7.76. The number of piperidine rings is 1. The van der Waals surface area contributed by atoms with Crippen molar-refractivity contribution in [1.82, 2.24) is 20.4 Å². The second-order valence-corrected chi connectivity index (χ2v) is 6.14. The van der Waals surface area contributed by atoms with Gasteiger partial charge in [0.15, 0.2) is 0 Å². The third-order valence-electron chi connectivity index (χ3n) is 4.79. The van der Waals surface area contributed by atoms with Gasteiger partial charge in [-0.1, -0.05) is 18.2 Å². The second-order valence-electron chi connectivity index (χ2n) is 6.14. The summed E-state index contributed by atoms with van der Waals surface area (Å²) in [5, 5.41) is 13.3. The number of nitrogens with one attached hydrogen (secondary N) is 2. The predicted molar refractivity (Wildman–Crippen MR) is 81.0 cm³/mol. The summed E-state index contributed by atoms with van der Waals surface area (Å²) in [5.74, 6) is 0.667. The molecule has 2 aromatic rings. The molecule has 0 radical (unpaired) electrons. The maximum atomic E-state index is 4.97. The van der Waals surface area contributed by atoms with Gasteiger partial charge in [0.2, 0.25) is 0 Å². The zero-order valence-corrected chi connectivity index (χ0v) is 12.0. The maximum Gasteiger partial charge on any atom is 0.0961 e. The molecule has 106 valence electrons. The van der Waals surface area contributed by atoms with E-state index in [0.717, 1.165) is 26.2 Å². The molecule has 0 amide bonds. The van der Waals surface area contributed by atoms with E-state index in [1.54, 1.807) is 0 Å². The van der Waals surface area contributed by atoms with Crippen molar-refractivity contribution in [1.29, 1.82) is 0 Å². The lowest BCUT2D eigenvalue weighted by Crippen LogP contribution is -2.31. The number of benzene rings is 1. The van der Waals surface area contributed by atoms with E-state index in [1.165, 1.54) is 35.0 Å². The van der Waals surface area contributed by atoms with E-state index in [4.69, 9.17) is 5.10 Å². The van der Waals surface area contributed by atoms with Crippen LogP contribution in [0.15, 0.2) is 18.2 Å². The molecule has 4 nitrogen and oxygen atoms in total. The van der Waals surface area contributed by atoms with Crippen LogP contribution in [0, 0.1) is 0 Å². The van der Waals surface area contributed by atoms with Gasteiger partial charge in [-0.05, 0) is 44.3 Å². The zero-order chi connectivity index (χ0) is 13.5. The molecule has 20 heavy (non-hydrogen) atoms. The molecule has 1 aromatic heterocycles. The van der Waals surface area contributed by atoms with E-state index >= 15 is 0 Å². The highest BCUT2D eigenvalue weighted by atomic mass is 15.3. The molecule has 1 fully saturated rings. The molecule has 3 heterocycles. The van der Waals surface area contributed by atoms with E-state index in [0.29, 0.717) is 12.0 Å². The lowest BCUT2D eigenvalue weighted by molar-refractivity contribution is 0.395. The van der Waals surface area contributed by atoms with Crippen molar-refractivity contribution in [3.8, 4) is 0 Å². The molecule has 1 saturated heterocycles. The minimum absolute atomic E-state index is 0.451. The maximum absolute atomic E-state index is 4.97. The normalized spacial score (nSPS) is 23.9. The number of hydrogen-bond donors (Lipinski definition) is 2. The van der Waals surface area contributed by atoms with E-state index in [1.807, 2.05) is 0 Å². The average molecular weight is 270 g/mol. The fourth-order valence-corrected chi connectivity index (χ4v) is 3.69. The fraction of sp³-hybridized carbons (Fsp3) is 0.562. The van der Waals surface area contributed by atoms with Gasteiger partial charge in [-0.3, -0.25) is 4.68 Å². The van der Waals surface area contributed by atoms with Crippen LogP contribution < -0.4 is 10.6 Å². The van der Waals surface area contributed by atoms with Gasteiger partial charge in [0.05, 0.1) is 17.3 Å². The van der Waals surface area contributed by atoms with Crippen molar-refractivity contribution >= 4 is 10.9 Å². The molecular weight excluding hydrogens is 248 g/mol. The molecule has 4 heteroatoms. The molecule has 0 unspecified atom stereocenters. The predicted octanol–water partition coefficient (Wildman–Crippen LogP) is 2.17. The molecule has 4 rings (SSSR count). The molecule has 0 spiro atoms. The SMILES string of the molecule is C[C@@H]1CNCc2c3cccc(C4CCNCC4)c3nn21. The number of aromatic nitrogens is 2. The van der Waals surface area contributed by atoms with Crippen molar-refractivity contribution in [2.45, 2.75) is 38.3 Å². The first-order chi connectivity index (χ1) is 9.84. The summed E-state index contributed by atoms with van der Waals surface area (Å²) in [5.41, 5.74) is 4.05. The van der Waals surface area contributed by atoms with Gasteiger partial charge in [-0.25, -0.2) is 0 Å². The van der Waals surface area contributed by atoms with Crippen molar-refractivity contribution in [2.75, 3.05) is 19.6 Å². The summed E-state index contributed by atoms with van der Waals surface area (Å²) in [4.78, 5) is 0. The van der Waals surface area contributed by atoms with Gasteiger partial charge in [-0.2, -0.15) is 5.10 Å². The van der Waals surface area contributed by atoms with Gasteiger partial charge >= 0.3 is 0 Å². The Balaban J connectivity index is 1.86. The van der Waals surface area contributed by atoms with Crippen LogP contribution in [0.25, 0.3) is 10.9 Å². The molecule has 1 aromatic carbocycles. The van der Waals surface area contributed by atoms with Crippen molar-refractivity contribution in [3.05, 3.63) is 29.5 Å². The number of rotatable bonds is 1. The van der Waals surface area contributed by atoms with Crippen molar-refractivity contribution in [2.24, 2.45) is 0 Å². The Labute approximate surface area is 119 Å². The van der Waals surface area contributed by atoms with Crippen LogP contribution in [0.1, 0.15) is 43.0 Å². The highest BCUT2D eigenvalue weighted by molar-refractivity contribution is 5.85. The topological polar surface area (TPSA) is 41.9 Å². The second kappa shape index (κ2) is 4.86. The first kappa shape index (κ1) is 12.4. The molecular formula is C16H22N4. The van der Waals surface area contributed by atoms with Gasteiger partial charge in [0, 0.05) is 18.5 Å². The number of nitrogens with zero attached hydrogens (tertiary/aromatic N) is 2. The van der Waals surface area contributed by atoms with E-state index in [-0.39, 0.29) is 0 Å². The Kier molecular flexibility index (Phi) is 3.00. The highest BCUT2D eigenvalue weighted by Crippen LogP contribution is 2.33. The molecule has 0 aliphatic carbocycles. The highest BCUT2D eigenvalue weighted by Gasteiger charge is 2.24. The number of fused-ring (bicyclic) bond motifs is 3. The zero-order valence-electron chi connectivity index (χ0n) is 12.0. The van der Waals surface area contributed by atoms with Gasteiger partial charge in [0.1, 0.15) is 0 Å². The van der Waals surface area contributed by atoms with Crippen LogP contribution in [-0.4, -0.2) is 29.4 Å². The molecule has 2 aliphatic heterocycles. The molecule has 0 saturated carbocycles. The Morgan fingerprint density at radius 1 is 1.20 bits per heavy atom. The fourth-order valence-electron chi connectivity index (χ4n) is 3.69. The first-order valence-corrected chi connectivity index (χ1v) is 7.76. The Morgan fingerprint density at radius 2 is 2.05 bits per heavy atom. The van der Waals surface area contributed by atoms with Crippen LogP contribution in [0.2, 0.25) is 0 Å². The molecule has 0 bridgehead atoms. The largest absolute Gasteiger partial charge is 0.317 e. The summed E-state index contributed by atoms with van der Waals surface area (Å²) in [6, 6.07) is 7.18. The third-order valence-corrected chi connectivity index (χ3v) is 4.79. The van der Waals surface area contributed by atoms with E-state index in [2.05, 4.69) is 40.4 Å². The summed E-state index contributed by atoms with van der Waals surface area (Å²) in [6.07, 6.45) is 2.46. The smallest absolute Gasteiger partial charge is 0.0961 e. The molecule has 2 N–H and O–H groups in total. The van der Waals surface area contributed by atoms with Gasteiger partial charge in [0.25, 0.3) is 0 Å². The van der Waals surface area contributed by atoms with Crippen molar-refractivity contribution < 1.29 is 0 Å². The van der Waals surface area contributed by atoms with Gasteiger partial charge < -0.3 is 10.6 Å². The Bertz CT molecular complexity index is 625. The minimum atomic E-state index is 0.451. The van der Waals surface area contributed by atoms with Crippen molar-refractivity contribution in [3.63, 3.8) is 0 Å². The minimum Gasteiger partial charge on any atom is -0.317 e. The van der Waals surface area contributed by atoms with Gasteiger partial charge in [-0.15, -0.1) is 0 Å².